The molecule has 1 unspecified atom stereocenters. The summed E-state index contributed by atoms with van der Waals surface area (Å²) in [6, 6.07) is 0. The number of rotatable bonds is 5. The minimum Gasteiger partial charge on any atom is -0.502 e. The van der Waals surface area contributed by atoms with Crippen LogP contribution in [0, 0.1) is 5.92 Å². The van der Waals surface area contributed by atoms with Gasteiger partial charge in [-0.05, 0) is 5.92 Å². The highest BCUT2D eigenvalue weighted by atomic mass is 32.2. The van der Waals surface area contributed by atoms with E-state index in [1.54, 1.807) is 0 Å². The maximum atomic E-state index is 9.96. The zero-order valence-electron chi connectivity index (χ0n) is 9.05. The topological polar surface area (TPSA) is 76.1 Å². The summed E-state index contributed by atoms with van der Waals surface area (Å²) < 4.78 is 37.4. The highest BCUT2D eigenvalue weighted by Gasteiger charge is 2.27. The molecular formula is C9H18O5S. The lowest BCUT2D eigenvalue weighted by atomic mass is 10.2. The van der Waals surface area contributed by atoms with Crippen LogP contribution >= 0.6 is 0 Å². The van der Waals surface area contributed by atoms with Gasteiger partial charge in [-0.2, -0.15) is 8.42 Å². The monoisotopic (exact) mass is 238 g/mol. The molecule has 0 aromatic heterocycles. The molecule has 0 saturated carbocycles. The van der Waals surface area contributed by atoms with Crippen LogP contribution in [0.2, 0.25) is 0 Å². The van der Waals surface area contributed by atoms with Gasteiger partial charge in [-0.15, -0.1) is 0 Å². The molecule has 15 heavy (non-hydrogen) atoms. The second-order valence-corrected chi connectivity index (χ2v) is 5.09. The highest BCUT2D eigenvalue weighted by molar-refractivity contribution is 7.85. The first-order valence-corrected chi connectivity index (χ1v) is 6.25. The molecule has 0 amide bonds. The van der Waals surface area contributed by atoms with Crippen molar-refractivity contribution in [3.8, 4) is 0 Å². The van der Waals surface area contributed by atoms with Gasteiger partial charge in [0.15, 0.2) is 0 Å². The summed E-state index contributed by atoms with van der Waals surface area (Å²) in [5.41, 5.74) is 0. The van der Waals surface area contributed by atoms with E-state index >= 15 is 0 Å². The summed E-state index contributed by atoms with van der Waals surface area (Å²) in [5, 5.41) is 0. The van der Waals surface area contributed by atoms with Gasteiger partial charge >= 0.3 is 0 Å². The predicted octanol–water partition coefficient (Wildman–Crippen LogP) is 1.08. The Morgan fingerprint density at radius 3 is 2.33 bits per heavy atom. The lowest BCUT2D eigenvalue weighted by Crippen LogP contribution is -2.08. The SMILES string of the molecule is C=COCC(C)C.O=S(=O)(O)CC1CO1. The Balaban J connectivity index is 0.000000265. The Bertz CT molecular complexity index is 266. The third-order valence-electron chi connectivity index (χ3n) is 1.35. The van der Waals surface area contributed by atoms with Crippen molar-refractivity contribution in [2.75, 3.05) is 19.0 Å². The van der Waals surface area contributed by atoms with E-state index in [9.17, 15) is 8.42 Å². The molecule has 1 aliphatic rings. The van der Waals surface area contributed by atoms with Crippen LogP contribution in [-0.2, 0) is 19.6 Å². The summed E-state index contributed by atoms with van der Waals surface area (Å²) in [7, 11) is -3.79. The fraction of sp³-hybridized carbons (Fsp3) is 0.778. The molecule has 0 radical (unpaired) electrons. The van der Waals surface area contributed by atoms with Crippen molar-refractivity contribution in [1.82, 2.24) is 0 Å². The van der Waals surface area contributed by atoms with Crippen molar-refractivity contribution in [2.24, 2.45) is 5.92 Å². The van der Waals surface area contributed by atoms with Crippen LogP contribution in [0.1, 0.15) is 13.8 Å². The van der Waals surface area contributed by atoms with Crippen LogP contribution in [0.4, 0.5) is 0 Å². The summed E-state index contributed by atoms with van der Waals surface area (Å²) in [6.07, 6.45) is 1.23. The maximum Gasteiger partial charge on any atom is 0.267 e. The zero-order chi connectivity index (χ0) is 11.9. The summed E-state index contributed by atoms with van der Waals surface area (Å²) in [5.74, 6) is 0.352. The van der Waals surface area contributed by atoms with E-state index in [-0.39, 0.29) is 11.9 Å². The van der Waals surface area contributed by atoms with E-state index in [0.717, 1.165) is 6.61 Å². The molecule has 1 fully saturated rings. The minimum atomic E-state index is -3.79. The predicted molar refractivity (Wildman–Crippen MR) is 57.1 cm³/mol. The van der Waals surface area contributed by atoms with Crippen molar-refractivity contribution in [1.29, 1.82) is 0 Å². The molecule has 1 rings (SSSR count). The fourth-order valence-corrected chi connectivity index (χ4v) is 1.32. The Labute approximate surface area is 90.8 Å². The number of hydrogen-bond acceptors (Lipinski definition) is 4. The van der Waals surface area contributed by atoms with E-state index in [0.29, 0.717) is 12.5 Å². The van der Waals surface area contributed by atoms with Gasteiger partial charge in [-0.3, -0.25) is 4.55 Å². The number of epoxide rings is 1. The van der Waals surface area contributed by atoms with E-state index in [1.165, 1.54) is 6.26 Å². The van der Waals surface area contributed by atoms with E-state index in [4.69, 9.17) is 9.29 Å². The van der Waals surface area contributed by atoms with Crippen LogP contribution in [-0.4, -0.2) is 38.0 Å². The Morgan fingerprint density at radius 2 is 2.20 bits per heavy atom. The van der Waals surface area contributed by atoms with E-state index in [2.05, 4.69) is 25.2 Å². The molecule has 0 bridgehead atoms. The smallest absolute Gasteiger partial charge is 0.267 e. The van der Waals surface area contributed by atoms with Gasteiger partial charge in [-0.1, -0.05) is 20.4 Å². The van der Waals surface area contributed by atoms with Crippen molar-refractivity contribution in [2.45, 2.75) is 20.0 Å². The number of hydrogen-bond donors (Lipinski definition) is 1. The molecule has 0 aromatic rings. The van der Waals surface area contributed by atoms with Crippen molar-refractivity contribution < 1.29 is 22.4 Å². The summed E-state index contributed by atoms with van der Waals surface area (Å²) in [6.45, 7) is 8.85. The molecule has 0 aliphatic carbocycles. The zero-order valence-corrected chi connectivity index (χ0v) is 9.87. The number of ether oxygens (including phenoxy) is 2. The first-order valence-electron chi connectivity index (χ1n) is 4.64. The van der Waals surface area contributed by atoms with Gasteiger partial charge in [0.1, 0.15) is 5.75 Å². The fourth-order valence-electron chi connectivity index (χ4n) is 0.660. The van der Waals surface area contributed by atoms with Crippen molar-refractivity contribution >= 4 is 10.1 Å². The minimum absolute atomic E-state index is 0.245. The van der Waals surface area contributed by atoms with Gasteiger partial charge in [0.05, 0.1) is 25.6 Å². The van der Waals surface area contributed by atoms with Gasteiger partial charge in [-0.25, -0.2) is 0 Å². The lowest BCUT2D eigenvalue weighted by Gasteiger charge is -2.00. The van der Waals surface area contributed by atoms with Crippen LogP contribution < -0.4 is 0 Å². The third-order valence-corrected chi connectivity index (χ3v) is 2.14. The quantitative estimate of drug-likeness (QED) is 0.440. The average molecular weight is 238 g/mol. The van der Waals surface area contributed by atoms with Crippen LogP contribution in [0.3, 0.4) is 0 Å². The molecule has 1 atom stereocenters. The first-order chi connectivity index (χ1) is 6.85. The molecule has 0 aromatic carbocycles. The Kier molecular flexibility index (Phi) is 6.55. The van der Waals surface area contributed by atoms with Gasteiger partial charge < -0.3 is 9.47 Å². The second kappa shape index (κ2) is 6.81. The van der Waals surface area contributed by atoms with Crippen LogP contribution in [0.5, 0.6) is 0 Å². The van der Waals surface area contributed by atoms with Gasteiger partial charge in [0.25, 0.3) is 10.1 Å². The average Bonchev–Trinajstić information content (AvgIpc) is 2.82. The van der Waals surface area contributed by atoms with Crippen molar-refractivity contribution in [3.63, 3.8) is 0 Å². The van der Waals surface area contributed by atoms with Crippen LogP contribution in [0.15, 0.2) is 12.8 Å². The Hall–Kier alpha value is -0.590. The molecule has 90 valence electrons. The van der Waals surface area contributed by atoms with E-state index < -0.39 is 10.1 Å². The summed E-state index contributed by atoms with van der Waals surface area (Å²) in [4.78, 5) is 0. The standard InChI is InChI=1S/C6H12O.C3H6O4S/c1-4-7-5-6(2)3;4-8(5,6)2-3-1-7-3/h4,6H,1,5H2,2-3H3;3H,1-2H2,(H,4,5,6). The molecule has 1 heterocycles. The first kappa shape index (κ1) is 14.4. The van der Waals surface area contributed by atoms with Crippen molar-refractivity contribution in [3.05, 3.63) is 12.8 Å². The van der Waals surface area contributed by atoms with Gasteiger partial charge in [0, 0.05) is 0 Å². The highest BCUT2D eigenvalue weighted by Crippen LogP contribution is 2.09. The summed E-state index contributed by atoms with van der Waals surface area (Å²) >= 11 is 0. The van der Waals surface area contributed by atoms with E-state index in [1.807, 2.05) is 0 Å². The third kappa shape index (κ3) is 13.4. The molecular weight excluding hydrogens is 220 g/mol. The lowest BCUT2D eigenvalue weighted by molar-refractivity contribution is 0.212. The van der Waals surface area contributed by atoms with Gasteiger partial charge in [0.2, 0.25) is 0 Å². The normalized spacial score (nSPS) is 19.1. The molecule has 5 nitrogen and oxygen atoms in total. The maximum absolute atomic E-state index is 9.96. The molecule has 1 saturated heterocycles. The van der Waals surface area contributed by atoms with Crippen LogP contribution in [0.25, 0.3) is 0 Å². The molecule has 6 heteroatoms. The largest absolute Gasteiger partial charge is 0.502 e. The molecule has 0 spiro atoms. The Morgan fingerprint density at radius 1 is 1.67 bits per heavy atom. The molecule has 1 aliphatic heterocycles. The second-order valence-electron chi connectivity index (χ2n) is 3.60. The molecule has 1 N–H and O–H groups in total.